The van der Waals surface area contributed by atoms with E-state index < -0.39 is 0 Å². The van der Waals surface area contributed by atoms with Gasteiger partial charge in [-0.2, -0.15) is 0 Å². The molecular formula is C18H28N2. The highest BCUT2D eigenvalue weighted by Gasteiger charge is 2.22. The molecule has 0 aromatic heterocycles. The molecule has 3 rings (SSSR count). The van der Waals surface area contributed by atoms with Gasteiger partial charge in [-0.3, -0.25) is 0 Å². The van der Waals surface area contributed by atoms with Gasteiger partial charge in [-0.05, 0) is 61.7 Å². The molecule has 1 saturated carbocycles. The van der Waals surface area contributed by atoms with Crippen LogP contribution in [0.1, 0.15) is 68.0 Å². The first-order valence-corrected chi connectivity index (χ1v) is 8.41. The second kappa shape index (κ2) is 6.73. The van der Waals surface area contributed by atoms with E-state index in [9.17, 15) is 0 Å². The monoisotopic (exact) mass is 272 g/mol. The Morgan fingerprint density at radius 3 is 2.20 bits per heavy atom. The van der Waals surface area contributed by atoms with Crippen LogP contribution in [0.15, 0.2) is 24.3 Å². The van der Waals surface area contributed by atoms with Crippen LogP contribution in [-0.4, -0.2) is 13.1 Å². The lowest BCUT2D eigenvalue weighted by molar-refractivity contribution is 0.322. The lowest BCUT2D eigenvalue weighted by atomic mass is 9.82. The summed E-state index contributed by atoms with van der Waals surface area (Å²) >= 11 is 0. The van der Waals surface area contributed by atoms with Crippen LogP contribution in [0.2, 0.25) is 0 Å². The predicted molar refractivity (Wildman–Crippen MR) is 84.8 cm³/mol. The maximum Gasteiger partial charge on any atom is 0.0324 e. The Hall–Kier alpha value is -0.860. The zero-order chi connectivity index (χ0) is 13.8. The maximum atomic E-state index is 6.47. The normalized spacial score (nSPS) is 23.6. The largest absolute Gasteiger partial charge is 0.324 e. The highest BCUT2D eigenvalue weighted by molar-refractivity contribution is 5.28. The Balaban J connectivity index is 1.65. The third-order valence-electron chi connectivity index (χ3n) is 5.29. The van der Waals surface area contributed by atoms with Crippen molar-refractivity contribution in [3.8, 4) is 0 Å². The summed E-state index contributed by atoms with van der Waals surface area (Å²) < 4.78 is 0. The van der Waals surface area contributed by atoms with Crippen molar-refractivity contribution in [1.82, 2.24) is 5.32 Å². The van der Waals surface area contributed by atoms with E-state index in [1.807, 2.05) is 0 Å². The first kappa shape index (κ1) is 14.1. The van der Waals surface area contributed by atoms with Gasteiger partial charge < -0.3 is 11.1 Å². The summed E-state index contributed by atoms with van der Waals surface area (Å²) in [4.78, 5) is 0. The molecule has 2 heteroatoms. The van der Waals surface area contributed by atoms with Gasteiger partial charge in [0.15, 0.2) is 0 Å². The summed E-state index contributed by atoms with van der Waals surface area (Å²) in [5.74, 6) is 1.45. The van der Waals surface area contributed by atoms with Gasteiger partial charge in [0.1, 0.15) is 0 Å². The fourth-order valence-electron chi connectivity index (χ4n) is 3.90. The number of piperidine rings is 1. The smallest absolute Gasteiger partial charge is 0.0324 e. The van der Waals surface area contributed by atoms with Crippen LogP contribution < -0.4 is 11.1 Å². The van der Waals surface area contributed by atoms with Crippen molar-refractivity contribution >= 4 is 0 Å². The molecule has 20 heavy (non-hydrogen) atoms. The average Bonchev–Trinajstić information content (AvgIpc) is 2.56. The van der Waals surface area contributed by atoms with E-state index in [0.29, 0.717) is 5.92 Å². The average molecular weight is 272 g/mol. The van der Waals surface area contributed by atoms with Gasteiger partial charge in [0, 0.05) is 6.04 Å². The summed E-state index contributed by atoms with van der Waals surface area (Å²) in [7, 11) is 0. The molecular weight excluding hydrogens is 244 g/mol. The number of nitrogens with two attached hydrogens (primary N) is 1. The first-order chi connectivity index (χ1) is 9.84. The van der Waals surface area contributed by atoms with E-state index >= 15 is 0 Å². The molecule has 2 nitrogen and oxygen atoms in total. The maximum absolute atomic E-state index is 6.47. The van der Waals surface area contributed by atoms with Crippen LogP contribution >= 0.6 is 0 Å². The quantitative estimate of drug-likeness (QED) is 0.880. The van der Waals surface area contributed by atoms with E-state index in [-0.39, 0.29) is 6.04 Å². The van der Waals surface area contributed by atoms with Crippen LogP contribution in [0.4, 0.5) is 0 Å². The lowest BCUT2D eigenvalue weighted by Crippen LogP contribution is -2.33. The van der Waals surface area contributed by atoms with Crippen LogP contribution in [-0.2, 0) is 0 Å². The Labute approximate surface area is 123 Å². The molecule has 1 atom stereocenters. The van der Waals surface area contributed by atoms with Crippen LogP contribution in [0.3, 0.4) is 0 Å². The minimum absolute atomic E-state index is 0.220. The molecule has 2 aliphatic rings. The van der Waals surface area contributed by atoms with Gasteiger partial charge in [-0.15, -0.1) is 0 Å². The molecule has 1 aromatic rings. The molecule has 1 aliphatic heterocycles. The van der Waals surface area contributed by atoms with Crippen molar-refractivity contribution < 1.29 is 0 Å². The van der Waals surface area contributed by atoms with Gasteiger partial charge in [0.2, 0.25) is 0 Å². The molecule has 1 saturated heterocycles. The fourth-order valence-corrected chi connectivity index (χ4v) is 3.90. The molecule has 3 N–H and O–H groups in total. The number of rotatable bonds is 3. The fraction of sp³-hybridized carbons (Fsp3) is 0.667. The van der Waals surface area contributed by atoms with Crippen LogP contribution in [0.25, 0.3) is 0 Å². The predicted octanol–water partition coefficient (Wildman–Crippen LogP) is 3.73. The van der Waals surface area contributed by atoms with Crippen molar-refractivity contribution in [2.24, 2.45) is 11.7 Å². The van der Waals surface area contributed by atoms with Crippen molar-refractivity contribution in [2.75, 3.05) is 13.1 Å². The van der Waals surface area contributed by atoms with Crippen molar-refractivity contribution in [2.45, 2.75) is 56.9 Å². The third kappa shape index (κ3) is 3.24. The van der Waals surface area contributed by atoms with E-state index in [1.54, 1.807) is 0 Å². The standard InChI is InChI=1S/C18H28N2/c19-18(17-10-12-20-13-11-17)16-8-6-15(7-9-16)14-4-2-1-3-5-14/h6-9,14,17-18,20H,1-5,10-13,19H2. The van der Waals surface area contributed by atoms with Crippen molar-refractivity contribution in [3.63, 3.8) is 0 Å². The highest BCUT2D eigenvalue weighted by Crippen LogP contribution is 2.34. The summed E-state index contributed by atoms with van der Waals surface area (Å²) in [5.41, 5.74) is 9.33. The lowest BCUT2D eigenvalue weighted by Gasteiger charge is -2.29. The second-order valence-corrected chi connectivity index (χ2v) is 6.61. The Morgan fingerprint density at radius 1 is 0.900 bits per heavy atom. The van der Waals surface area contributed by atoms with E-state index in [4.69, 9.17) is 5.73 Å². The molecule has 1 aromatic carbocycles. The highest BCUT2D eigenvalue weighted by atomic mass is 14.9. The Bertz CT molecular complexity index is 400. The summed E-state index contributed by atoms with van der Waals surface area (Å²) in [6, 6.07) is 9.48. The summed E-state index contributed by atoms with van der Waals surface area (Å²) in [6.07, 6.45) is 9.41. The molecule has 2 fully saturated rings. The van der Waals surface area contributed by atoms with Gasteiger partial charge in [0.25, 0.3) is 0 Å². The molecule has 0 bridgehead atoms. The number of hydrogen-bond acceptors (Lipinski definition) is 2. The molecule has 1 unspecified atom stereocenters. The summed E-state index contributed by atoms with van der Waals surface area (Å²) in [5, 5.41) is 3.42. The second-order valence-electron chi connectivity index (χ2n) is 6.61. The first-order valence-electron chi connectivity index (χ1n) is 8.41. The minimum Gasteiger partial charge on any atom is -0.324 e. The molecule has 0 amide bonds. The van der Waals surface area contributed by atoms with Gasteiger partial charge in [0.05, 0.1) is 0 Å². The number of hydrogen-bond donors (Lipinski definition) is 2. The van der Waals surface area contributed by atoms with Crippen molar-refractivity contribution in [1.29, 1.82) is 0 Å². The molecule has 1 aliphatic carbocycles. The van der Waals surface area contributed by atoms with Crippen molar-refractivity contribution in [3.05, 3.63) is 35.4 Å². The minimum atomic E-state index is 0.220. The topological polar surface area (TPSA) is 38.0 Å². The van der Waals surface area contributed by atoms with Gasteiger partial charge >= 0.3 is 0 Å². The Kier molecular flexibility index (Phi) is 4.74. The van der Waals surface area contributed by atoms with E-state index in [1.165, 1.54) is 56.1 Å². The van der Waals surface area contributed by atoms with Crippen LogP contribution in [0, 0.1) is 5.92 Å². The van der Waals surface area contributed by atoms with Crippen LogP contribution in [0.5, 0.6) is 0 Å². The summed E-state index contributed by atoms with van der Waals surface area (Å²) in [6.45, 7) is 2.25. The third-order valence-corrected chi connectivity index (χ3v) is 5.29. The Morgan fingerprint density at radius 2 is 1.55 bits per heavy atom. The molecule has 1 heterocycles. The van der Waals surface area contributed by atoms with E-state index in [2.05, 4.69) is 29.6 Å². The van der Waals surface area contributed by atoms with E-state index in [0.717, 1.165) is 19.0 Å². The number of nitrogens with one attached hydrogen (secondary N) is 1. The van der Waals surface area contributed by atoms with Gasteiger partial charge in [-0.1, -0.05) is 43.5 Å². The van der Waals surface area contributed by atoms with Gasteiger partial charge in [-0.25, -0.2) is 0 Å². The number of benzene rings is 1. The zero-order valence-corrected chi connectivity index (χ0v) is 12.5. The zero-order valence-electron chi connectivity index (χ0n) is 12.5. The molecule has 0 radical (unpaired) electrons. The molecule has 0 spiro atoms. The molecule has 110 valence electrons. The SMILES string of the molecule is NC(c1ccc(C2CCCCC2)cc1)C1CCNCC1.